The van der Waals surface area contributed by atoms with Gasteiger partial charge in [-0.25, -0.2) is 0 Å². The average Bonchev–Trinajstić information content (AvgIpc) is 3.20. The van der Waals surface area contributed by atoms with E-state index in [0.29, 0.717) is 17.0 Å². The quantitative estimate of drug-likeness (QED) is 0.925. The summed E-state index contributed by atoms with van der Waals surface area (Å²) >= 11 is 1.27. The van der Waals surface area contributed by atoms with Crippen LogP contribution in [0, 0.1) is 0 Å². The minimum Gasteiger partial charge on any atom is -0.366 e. The summed E-state index contributed by atoms with van der Waals surface area (Å²) in [5, 5.41) is 5.83. The first-order valence-corrected chi connectivity index (χ1v) is 7.70. The standard InChI is InChI=1S/C14H16N4O2S/c15-13(19)10-7-12(21-9-10)14(20)18-6-1-3-11(18)8-17-5-2-4-16-17/h2,4-5,7,9,11H,1,3,6,8H2,(H2,15,19)/t11-/m0/s1. The van der Waals surface area contributed by atoms with E-state index in [1.165, 1.54) is 11.3 Å². The molecule has 2 aromatic heterocycles. The third kappa shape index (κ3) is 2.82. The van der Waals surface area contributed by atoms with Crippen molar-refractivity contribution in [1.29, 1.82) is 0 Å². The van der Waals surface area contributed by atoms with Crippen LogP contribution in [0.2, 0.25) is 0 Å². The van der Waals surface area contributed by atoms with Gasteiger partial charge in [0.15, 0.2) is 0 Å². The largest absolute Gasteiger partial charge is 0.366 e. The van der Waals surface area contributed by atoms with Crippen LogP contribution >= 0.6 is 11.3 Å². The first kappa shape index (κ1) is 13.8. The van der Waals surface area contributed by atoms with E-state index in [-0.39, 0.29) is 11.9 Å². The van der Waals surface area contributed by atoms with E-state index in [0.717, 1.165) is 19.4 Å². The van der Waals surface area contributed by atoms with Crippen LogP contribution < -0.4 is 5.73 Å². The number of hydrogen-bond donors (Lipinski definition) is 1. The highest BCUT2D eigenvalue weighted by molar-refractivity contribution is 7.12. The molecule has 0 unspecified atom stereocenters. The van der Waals surface area contributed by atoms with Gasteiger partial charge in [0.25, 0.3) is 5.91 Å². The average molecular weight is 304 g/mol. The van der Waals surface area contributed by atoms with Crippen LogP contribution in [-0.4, -0.2) is 39.1 Å². The Kier molecular flexibility index (Phi) is 3.74. The Morgan fingerprint density at radius 1 is 1.48 bits per heavy atom. The summed E-state index contributed by atoms with van der Waals surface area (Å²) in [6.07, 6.45) is 5.60. The van der Waals surface area contributed by atoms with Gasteiger partial charge < -0.3 is 10.6 Å². The van der Waals surface area contributed by atoms with Gasteiger partial charge in [0.1, 0.15) is 0 Å². The van der Waals surface area contributed by atoms with Crippen molar-refractivity contribution in [2.24, 2.45) is 5.73 Å². The van der Waals surface area contributed by atoms with E-state index >= 15 is 0 Å². The van der Waals surface area contributed by atoms with Crippen molar-refractivity contribution in [3.63, 3.8) is 0 Å². The second-order valence-electron chi connectivity index (χ2n) is 5.09. The summed E-state index contributed by atoms with van der Waals surface area (Å²) in [4.78, 5) is 26.1. The Hall–Kier alpha value is -2.15. The summed E-state index contributed by atoms with van der Waals surface area (Å²) < 4.78 is 1.85. The first-order chi connectivity index (χ1) is 10.1. The minimum absolute atomic E-state index is 0.0258. The molecule has 1 saturated heterocycles. The van der Waals surface area contributed by atoms with Gasteiger partial charge in [0, 0.05) is 24.3 Å². The Labute approximate surface area is 126 Å². The summed E-state index contributed by atoms with van der Waals surface area (Å²) in [5.74, 6) is -0.526. The highest BCUT2D eigenvalue weighted by atomic mass is 32.1. The van der Waals surface area contributed by atoms with Crippen molar-refractivity contribution >= 4 is 23.2 Å². The van der Waals surface area contributed by atoms with Crippen molar-refractivity contribution < 1.29 is 9.59 Å². The molecule has 1 fully saturated rings. The van der Waals surface area contributed by atoms with Gasteiger partial charge in [0.2, 0.25) is 5.91 Å². The lowest BCUT2D eigenvalue weighted by atomic mass is 10.2. The molecule has 21 heavy (non-hydrogen) atoms. The first-order valence-electron chi connectivity index (χ1n) is 6.82. The number of nitrogens with two attached hydrogens (primary N) is 1. The van der Waals surface area contributed by atoms with Gasteiger partial charge in [-0.05, 0) is 25.0 Å². The molecule has 1 aliphatic rings. The van der Waals surface area contributed by atoms with Crippen molar-refractivity contribution in [2.75, 3.05) is 6.54 Å². The molecule has 1 aliphatic heterocycles. The van der Waals surface area contributed by atoms with Crippen LogP contribution in [-0.2, 0) is 6.54 Å². The molecule has 2 amide bonds. The number of carbonyl (C=O) groups excluding carboxylic acids is 2. The normalized spacial score (nSPS) is 18.1. The minimum atomic E-state index is -0.500. The van der Waals surface area contributed by atoms with E-state index in [2.05, 4.69) is 5.10 Å². The summed E-state index contributed by atoms with van der Waals surface area (Å²) in [6, 6.07) is 3.61. The lowest BCUT2D eigenvalue weighted by Gasteiger charge is -2.24. The van der Waals surface area contributed by atoms with Gasteiger partial charge in [-0.3, -0.25) is 14.3 Å². The van der Waals surface area contributed by atoms with E-state index in [4.69, 9.17) is 5.73 Å². The number of nitrogens with zero attached hydrogens (tertiary/aromatic N) is 3. The molecule has 7 heteroatoms. The van der Waals surface area contributed by atoms with E-state index < -0.39 is 5.91 Å². The van der Waals surface area contributed by atoms with Crippen LogP contribution in [0.3, 0.4) is 0 Å². The molecule has 0 radical (unpaired) electrons. The van der Waals surface area contributed by atoms with Crippen molar-refractivity contribution in [1.82, 2.24) is 14.7 Å². The zero-order chi connectivity index (χ0) is 14.8. The predicted molar refractivity (Wildman–Crippen MR) is 79.1 cm³/mol. The molecule has 3 rings (SSSR count). The lowest BCUT2D eigenvalue weighted by Crippen LogP contribution is -2.37. The third-order valence-corrected chi connectivity index (χ3v) is 4.61. The van der Waals surface area contributed by atoms with Crippen molar-refractivity contribution in [3.8, 4) is 0 Å². The molecule has 0 bridgehead atoms. The van der Waals surface area contributed by atoms with Crippen LogP contribution in [0.25, 0.3) is 0 Å². The molecular weight excluding hydrogens is 288 g/mol. The maximum Gasteiger partial charge on any atom is 0.264 e. The van der Waals surface area contributed by atoms with E-state index in [9.17, 15) is 9.59 Å². The van der Waals surface area contributed by atoms with Gasteiger partial charge in [-0.2, -0.15) is 5.10 Å². The molecule has 0 spiro atoms. The lowest BCUT2D eigenvalue weighted by molar-refractivity contribution is 0.0726. The van der Waals surface area contributed by atoms with Crippen molar-refractivity contribution in [2.45, 2.75) is 25.4 Å². The molecule has 0 aliphatic carbocycles. The van der Waals surface area contributed by atoms with Crippen LogP contribution in [0.5, 0.6) is 0 Å². The van der Waals surface area contributed by atoms with E-state index in [1.54, 1.807) is 17.6 Å². The highest BCUT2D eigenvalue weighted by Crippen LogP contribution is 2.24. The van der Waals surface area contributed by atoms with Crippen LogP contribution in [0.4, 0.5) is 0 Å². The molecule has 2 N–H and O–H groups in total. The summed E-state index contributed by atoms with van der Waals surface area (Å²) in [7, 11) is 0. The summed E-state index contributed by atoms with van der Waals surface area (Å²) in [5.41, 5.74) is 5.62. The number of aromatic nitrogens is 2. The Bertz CT molecular complexity index is 650. The molecule has 0 saturated carbocycles. The fourth-order valence-corrected chi connectivity index (χ4v) is 3.49. The Balaban J connectivity index is 1.74. The highest BCUT2D eigenvalue weighted by Gasteiger charge is 2.30. The number of amides is 2. The van der Waals surface area contributed by atoms with Gasteiger partial charge in [-0.15, -0.1) is 11.3 Å². The Morgan fingerprint density at radius 2 is 2.33 bits per heavy atom. The number of likely N-dealkylation sites (tertiary alicyclic amines) is 1. The molecule has 0 aromatic carbocycles. The SMILES string of the molecule is NC(=O)c1csc(C(=O)N2CCC[C@H]2Cn2cccn2)c1. The van der Waals surface area contributed by atoms with E-state index in [1.807, 2.05) is 21.8 Å². The monoisotopic (exact) mass is 304 g/mol. The molecule has 1 atom stereocenters. The number of carbonyl (C=O) groups is 2. The molecule has 6 nitrogen and oxygen atoms in total. The zero-order valence-corrected chi connectivity index (χ0v) is 12.3. The molecule has 110 valence electrons. The van der Waals surface area contributed by atoms with Crippen molar-refractivity contribution in [3.05, 3.63) is 40.3 Å². The number of thiophene rings is 1. The third-order valence-electron chi connectivity index (χ3n) is 3.69. The zero-order valence-electron chi connectivity index (χ0n) is 11.4. The molecule has 3 heterocycles. The number of hydrogen-bond acceptors (Lipinski definition) is 4. The maximum absolute atomic E-state index is 12.6. The fraction of sp³-hybridized carbons (Fsp3) is 0.357. The van der Waals surface area contributed by atoms with Gasteiger partial charge in [-0.1, -0.05) is 0 Å². The predicted octanol–water partition coefficient (Wildman–Crippen LogP) is 1.35. The van der Waals surface area contributed by atoms with Crippen LogP contribution in [0.1, 0.15) is 32.9 Å². The fourth-order valence-electron chi connectivity index (χ4n) is 2.64. The van der Waals surface area contributed by atoms with Gasteiger partial charge >= 0.3 is 0 Å². The Morgan fingerprint density at radius 3 is 3.00 bits per heavy atom. The van der Waals surface area contributed by atoms with Gasteiger partial charge in [0.05, 0.1) is 23.0 Å². The number of primary amides is 1. The smallest absolute Gasteiger partial charge is 0.264 e. The molecule has 2 aromatic rings. The second-order valence-corrected chi connectivity index (χ2v) is 6.00. The topological polar surface area (TPSA) is 81.2 Å². The second kappa shape index (κ2) is 5.69. The molecular formula is C14H16N4O2S. The maximum atomic E-state index is 12.6. The number of rotatable bonds is 4. The summed E-state index contributed by atoms with van der Waals surface area (Å²) in [6.45, 7) is 1.45. The van der Waals surface area contributed by atoms with Crippen LogP contribution in [0.15, 0.2) is 29.9 Å².